The van der Waals surface area contributed by atoms with Crippen molar-refractivity contribution in [3.63, 3.8) is 0 Å². The fourth-order valence-corrected chi connectivity index (χ4v) is 2.15. The Morgan fingerprint density at radius 3 is 2.87 bits per heavy atom. The third-order valence-electron chi connectivity index (χ3n) is 3.16. The van der Waals surface area contributed by atoms with E-state index in [4.69, 9.17) is 0 Å². The van der Waals surface area contributed by atoms with Gasteiger partial charge in [0.15, 0.2) is 0 Å². The van der Waals surface area contributed by atoms with Crippen molar-refractivity contribution in [3.05, 3.63) is 23.8 Å². The number of hydrogen-bond acceptors (Lipinski definition) is 3. The summed E-state index contributed by atoms with van der Waals surface area (Å²) >= 11 is 0. The minimum atomic E-state index is 0.436. The maximum atomic E-state index is 4.52. The predicted molar refractivity (Wildman–Crippen MR) is 60.5 cm³/mol. The van der Waals surface area contributed by atoms with Crippen LogP contribution in [0.5, 0.6) is 0 Å². The Bertz CT molecular complexity index is 320. The largest absolute Gasteiger partial charge is 0.309 e. The highest BCUT2D eigenvalue weighted by atomic mass is 15.0. The van der Waals surface area contributed by atoms with Gasteiger partial charge in [-0.3, -0.25) is 0 Å². The molecule has 15 heavy (non-hydrogen) atoms. The van der Waals surface area contributed by atoms with Gasteiger partial charge < -0.3 is 5.32 Å². The number of aryl methyl sites for hydroxylation is 1. The molecule has 0 aliphatic heterocycles. The molecule has 1 aliphatic carbocycles. The average Bonchev–Trinajstić information content (AvgIpc) is 2.14. The van der Waals surface area contributed by atoms with Crippen LogP contribution in [0, 0.1) is 12.8 Å². The van der Waals surface area contributed by atoms with Gasteiger partial charge in [-0.05, 0) is 38.3 Å². The van der Waals surface area contributed by atoms with Crippen LogP contribution in [-0.4, -0.2) is 16.5 Å². The minimum Gasteiger partial charge on any atom is -0.309 e. The molecule has 82 valence electrons. The summed E-state index contributed by atoms with van der Waals surface area (Å²) in [5.74, 6) is 1.65. The maximum absolute atomic E-state index is 4.52. The smallest absolute Gasteiger partial charge is 0.125 e. The first-order chi connectivity index (χ1) is 7.31. The summed E-state index contributed by atoms with van der Waals surface area (Å²) in [6.07, 6.45) is 5.90. The highest BCUT2D eigenvalue weighted by Gasteiger charge is 2.28. The molecule has 0 radical (unpaired) electrons. The number of hydrogen-bond donors (Lipinski definition) is 1. The first kappa shape index (κ1) is 10.6. The van der Waals surface area contributed by atoms with Gasteiger partial charge in [-0.25, -0.2) is 9.97 Å². The third kappa shape index (κ3) is 2.34. The van der Waals surface area contributed by atoms with Crippen LogP contribution in [0.25, 0.3) is 0 Å². The molecule has 1 aromatic rings. The van der Waals surface area contributed by atoms with Crippen molar-refractivity contribution in [2.45, 2.75) is 39.2 Å². The van der Waals surface area contributed by atoms with E-state index in [1.165, 1.54) is 19.3 Å². The summed E-state index contributed by atoms with van der Waals surface area (Å²) in [5.41, 5.74) is 1.16. The normalized spacial score (nSPS) is 18.5. The number of nitrogens with one attached hydrogen (secondary N) is 1. The Balaban J connectivity index is 2.15. The Hall–Kier alpha value is -0.960. The van der Waals surface area contributed by atoms with Gasteiger partial charge in [0.2, 0.25) is 0 Å². The van der Waals surface area contributed by atoms with E-state index in [-0.39, 0.29) is 0 Å². The second kappa shape index (κ2) is 4.71. The van der Waals surface area contributed by atoms with Crippen molar-refractivity contribution < 1.29 is 0 Å². The number of nitrogens with zero attached hydrogens (tertiary/aromatic N) is 2. The van der Waals surface area contributed by atoms with E-state index in [1.54, 1.807) is 0 Å². The van der Waals surface area contributed by atoms with Crippen molar-refractivity contribution in [3.8, 4) is 0 Å². The number of aromatic nitrogens is 2. The monoisotopic (exact) mass is 205 g/mol. The molecule has 1 atom stereocenters. The molecule has 0 aromatic carbocycles. The molecule has 1 saturated carbocycles. The standard InChI is InChI=1S/C12H19N3/c1-3-13-12(10-5-4-6-10)11-7-8-14-9(2)15-11/h7-8,10,12-13H,3-6H2,1-2H3. The van der Waals surface area contributed by atoms with E-state index < -0.39 is 0 Å². The highest BCUT2D eigenvalue weighted by Crippen LogP contribution is 2.36. The van der Waals surface area contributed by atoms with Gasteiger partial charge in [0, 0.05) is 6.20 Å². The molecule has 3 nitrogen and oxygen atoms in total. The van der Waals surface area contributed by atoms with Gasteiger partial charge in [0.1, 0.15) is 5.82 Å². The quantitative estimate of drug-likeness (QED) is 0.819. The van der Waals surface area contributed by atoms with E-state index in [1.807, 2.05) is 19.2 Å². The SMILES string of the molecule is CCNC(c1ccnc(C)n1)C1CCC1. The zero-order valence-corrected chi connectivity index (χ0v) is 9.53. The Morgan fingerprint density at radius 2 is 2.33 bits per heavy atom. The molecule has 1 unspecified atom stereocenters. The molecule has 1 fully saturated rings. The maximum Gasteiger partial charge on any atom is 0.125 e. The van der Waals surface area contributed by atoms with Gasteiger partial charge in [0.05, 0.1) is 11.7 Å². The summed E-state index contributed by atoms with van der Waals surface area (Å²) in [5, 5.41) is 3.54. The van der Waals surface area contributed by atoms with E-state index in [0.29, 0.717) is 6.04 Å². The molecular formula is C12H19N3. The van der Waals surface area contributed by atoms with Gasteiger partial charge >= 0.3 is 0 Å². The third-order valence-corrected chi connectivity index (χ3v) is 3.16. The first-order valence-corrected chi connectivity index (χ1v) is 5.84. The molecule has 1 heterocycles. The molecule has 0 bridgehead atoms. The van der Waals surface area contributed by atoms with E-state index >= 15 is 0 Å². The zero-order chi connectivity index (χ0) is 10.7. The predicted octanol–water partition coefficient (Wildman–Crippen LogP) is 2.24. The van der Waals surface area contributed by atoms with Gasteiger partial charge in [-0.1, -0.05) is 13.3 Å². The zero-order valence-electron chi connectivity index (χ0n) is 9.53. The molecule has 2 rings (SSSR count). The second-order valence-electron chi connectivity index (χ2n) is 4.26. The molecule has 0 amide bonds. The van der Waals surface area contributed by atoms with Crippen LogP contribution in [0.1, 0.15) is 43.7 Å². The lowest BCUT2D eigenvalue weighted by atomic mass is 9.78. The second-order valence-corrected chi connectivity index (χ2v) is 4.26. The van der Waals surface area contributed by atoms with E-state index in [0.717, 1.165) is 24.0 Å². The fraction of sp³-hybridized carbons (Fsp3) is 0.667. The lowest BCUT2D eigenvalue weighted by Crippen LogP contribution is -2.32. The van der Waals surface area contributed by atoms with Crippen LogP contribution in [0.4, 0.5) is 0 Å². The van der Waals surface area contributed by atoms with Crippen LogP contribution >= 0.6 is 0 Å². The van der Waals surface area contributed by atoms with Crippen molar-refractivity contribution in [1.29, 1.82) is 0 Å². The Morgan fingerprint density at radius 1 is 1.53 bits per heavy atom. The van der Waals surface area contributed by atoms with Crippen molar-refractivity contribution in [1.82, 2.24) is 15.3 Å². The molecule has 0 spiro atoms. The van der Waals surface area contributed by atoms with Crippen molar-refractivity contribution in [2.24, 2.45) is 5.92 Å². The first-order valence-electron chi connectivity index (χ1n) is 5.84. The molecule has 3 heteroatoms. The highest BCUT2D eigenvalue weighted by molar-refractivity contribution is 5.09. The average molecular weight is 205 g/mol. The van der Waals surface area contributed by atoms with Crippen LogP contribution in [0.2, 0.25) is 0 Å². The van der Waals surface area contributed by atoms with E-state index in [2.05, 4.69) is 22.2 Å². The van der Waals surface area contributed by atoms with E-state index in [9.17, 15) is 0 Å². The van der Waals surface area contributed by atoms with Gasteiger partial charge in [-0.2, -0.15) is 0 Å². The van der Waals surface area contributed by atoms with Crippen molar-refractivity contribution in [2.75, 3.05) is 6.54 Å². The summed E-state index contributed by atoms with van der Waals surface area (Å²) in [6.45, 7) is 5.11. The van der Waals surface area contributed by atoms with Crippen LogP contribution in [0.15, 0.2) is 12.3 Å². The summed E-state index contributed by atoms with van der Waals surface area (Å²) in [6, 6.07) is 2.48. The molecule has 1 aromatic heterocycles. The fourth-order valence-electron chi connectivity index (χ4n) is 2.15. The van der Waals surface area contributed by atoms with Gasteiger partial charge in [-0.15, -0.1) is 0 Å². The molecular weight excluding hydrogens is 186 g/mol. The topological polar surface area (TPSA) is 37.8 Å². The lowest BCUT2D eigenvalue weighted by Gasteiger charge is -2.33. The minimum absolute atomic E-state index is 0.436. The summed E-state index contributed by atoms with van der Waals surface area (Å²) in [4.78, 5) is 8.67. The molecule has 0 saturated heterocycles. The van der Waals surface area contributed by atoms with Crippen molar-refractivity contribution >= 4 is 0 Å². The van der Waals surface area contributed by atoms with Gasteiger partial charge in [0.25, 0.3) is 0 Å². The summed E-state index contributed by atoms with van der Waals surface area (Å²) < 4.78 is 0. The molecule has 1 N–H and O–H groups in total. The lowest BCUT2D eigenvalue weighted by molar-refractivity contribution is 0.229. The van der Waals surface area contributed by atoms with Crippen LogP contribution in [0.3, 0.4) is 0 Å². The van der Waals surface area contributed by atoms with Crippen LogP contribution < -0.4 is 5.32 Å². The number of rotatable bonds is 4. The molecule has 1 aliphatic rings. The van der Waals surface area contributed by atoms with Crippen LogP contribution in [-0.2, 0) is 0 Å². The Kier molecular flexibility index (Phi) is 3.31. The summed E-state index contributed by atoms with van der Waals surface area (Å²) in [7, 11) is 0. The Labute approximate surface area is 91.3 Å².